The number of aryl methyl sites for hydroxylation is 1. The third kappa shape index (κ3) is 3.81. The Morgan fingerprint density at radius 1 is 1.50 bits per heavy atom. The zero-order valence-electron chi connectivity index (χ0n) is 10.9. The highest BCUT2D eigenvalue weighted by atomic mass is 19.3. The first-order chi connectivity index (χ1) is 9.56. The first-order valence-electron chi connectivity index (χ1n) is 5.98. The smallest absolute Gasteiger partial charge is 0.261 e. The van der Waals surface area contributed by atoms with Gasteiger partial charge in [0.1, 0.15) is 12.6 Å². The molecule has 0 saturated heterocycles. The van der Waals surface area contributed by atoms with E-state index in [1.54, 1.807) is 24.1 Å². The lowest BCUT2D eigenvalue weighted by molar-refractivity contribution is 0.0182. The maximum atomic E-state index is 11.9. The average molecular weight is 287 g/mol. The quantitative estimate of drug-likeness (QED) is 0.753. The highest BCUT2D eigenvalue weighted by Crippen LogP contribution is 2.16. The second-order valence-electron chi connectivity index (χ2n) is 4.19. The number of nitrogens with zero attached hydrogens (tertiary/aromatic N) is 4. The lowest BCUT2D eigenvalue weighted by Crippen LogP contribution is -2.12. The molecule has 0 radical (unpaired) electrons. The predicted octanol–water partition coefficient (Wildman–Crippen LogP) is 0.675. The Hall–Kier alpha value is -1.87. The fraction of sp³-hybridized carbons (Fsp3) is 0.545. The van der Waals surface area contributed by atoms with Crippen LogP contribution in [0.25, 0.3) is 0 Å². The summed E-state index contributed by atoms with van der Waals surface area (Å²) in [6.45, 7) is -0.495. The van der Waals surface area contributed by atoms with Gasteiger partial charge >= 0.3 is 0 Å². The van der Waals surface area contributed by atoms with E-state index in [0.717, 1.165) is 5.56 Å². The Morgan fingerprint density at radius 3 is 2.95 bits per heavy atom. The van der Waals surface area contributed by atoms with Crippen LogP contribution in [0.1, 0.15) is 23.3 Å². The minimum Gasteiger partial charge on any atom is -0.375 e. The van der Waals surface area contributed by atoms with Gasteiger partial charge in [0.05, 0.1) is 12.8 Å². The maximum absolute atomic E-state index is 11.9. The van der Waals surface area contributed by atoms with Gasteiger partial charge in [0.15, 0.2) is 5.82 Å². The molecule has 0 fully saturated rings. The van der Waals surface area contributed by atoms with Crippen LogP contribution in [0, 0.1) is 0 Å². The second kappa shape index (κ2) is 6.53. The Labute approximate surface area is 113 Å². The summed E-state index contributed by atoms with van der Waals surface area (Å²) in [6.07, 6.45) is 1.17. The highest BCUT2D eigenvalue weighted by molar-refractivity contribution is 5.16. The molecule has 2 rings (SSSR count). The first kappa shape index (κ1) is 14.5. The first-order valence-corrected chi connectivity index (χ1v) is 5.98. The molecule has 2 N–H and O–H groups in total. The molecule has 1 atom stereocenters. The fourth-order valence-electron chi connectivity index (χ4n) is 1.57. The Morgan fingerprint density at radius 2 is 2.30 bits per heavy atom. The summed E-state index contributed by atoms with van der Waals surface area (Å²) in [5.74, 6) is 0.621. The molecule has 0 aliphatic carbocycles. The number of nitrogens with two attached hydrogens (primary N) is 1. The molecule has 0 amide bonds. The molecule has 0 bridgehead atoms. The van der Waals surface area contributed by atoms with Crippen molar-refractivity contribution in [2.75, 3.05) is 13.2 Å². The van der Waals surface area contributed by atoms with Crippen LogP contribution < -0.4 is 5.73 Å². The summed E-state index contributed by atoms with van der Waals surface area (Å²) in [7, 11) is 1.77. The van der Waals surface area contributed by atoms with Gasteiger partial charge in [-0.2, -0.15) is 10.1 Å². The van der Waals surface area contributed by atoms with Crippen LogP contribution in [0.3, 0.4) is 0 Å². The lowest BCUT2D eigenvalue weighted by Gasteiger charge is -2.02. The molecule has 7 nitrogen and oxygen atoms in total. The van der Waals surface area contributed by atoms with Gasteiger partial charge in [-0.1, -0.05) is 5.16 Å². The van der Waals surface area contributed by atoms with E-state index in [9.17, 15) is 8.78 Å². The van der Waals surface area contributed by atoms with Crippen LogP contribution in [0.15, 0.2) is 16.9 Å². The van der Waals surface area contributed by atoms with Gasteiger partial charge in [-0.3, -0.25) is 4.68 Å². The van der Waals surface area contributed by atoms with E-state index in [-0.39, 0.29) is 18.9 Å². The van der Waals surface area contributed by atoms with Crippen LogP contribution >= 0.6 is 0 Å². The molecule has 0 aliphatic rings. The minimum atomic E-state index is -2.48. The van der Waals surface area contributed by atoms with Crippen molar-refractivity contribution in [3.63, 3.8) is 0 Å². The molecule has 0 aromatic carbocycles. The monoisotopic (exact) mass is 287 g/mol. The number of hydrogen-bond donors (Lipinski definition) is 1. The van der Waals surface area contributed by atoms with E-state index in [1.807, 2.05) is 0 Å². The van der Waals surface area contributed by atoms with Crippen LogP contribution in [-0.2, 0) is 18.2 Å². The Balaban J connectivity index is 1.88. The van der Waals surface area contributed by atoms with Crippen LogP contribution in [0.4, 0.5) is 8.78 Å². The van der Waals surface area contributed by atoms with E-state index in [2.05, 4.69) is 15.2 Å². The van der Waals surface area contributed by atoms with E-state index in [1.165, 1.54) is 0 Å². The van der Waals surface area contributed by atoms with Crippen molar-refractivity contribution in [3.8, 4) is 0 Å². The number of ether oxygens (including phenoxy) is 1. The third-order valence-electron chi connectivity index (χ3n) is 2.55. The van der Waals surface area contributed by atoms with Crippen molar-refractivity contribution < 1.29 is 18.0 Å². The number of aromatic nitrogens is 4. The van der Waals surface area contributed by atoms with E-state index in [4.69, 9.17) is 15.0 Å². The van der Waals surface area contributed by atoms with Crippen molar-refractivity contribution in [1.29, 1.82) is 0 Å². The highest BCUT2D eigenvalue weighted by Gasteiger charge is 2.18. The van der Waals surface area contributed by atoms with Crippen molar-refractivity contribution in [2.24, 2.45) is 12.8 Å². The van der Waals surface area contributed by atoms with E-state index in [0.29, 0.717) is 5.82 Å². The topological polar surface area (TPSA) is 92.0 Å². The van der Waals surface area contributed by atoms with Gasteiger partial charge in [0.25, 0.3) is 6.43 Å². The Bertz CT molecular complexity index is 542. The molecule has 2 aromatic heterocycles. The number of rotatable bonds is 7. The van der Waals surface area contributed by atoms with Crippen molar-refractivity contribution in [2.45, 2.75) is 18.9 Å². The molecule has 0 spiro atoms. The van der Waals surface area contributed by atoms with Crippen molar-refractivity contribution in [1.82, 2.24) is 19.9 Å². The SMILES string of the molecule is Cn1cc(C(N)c2nc(CCOCC(F)F)no2)cn1. The number of hydrogen-bond acceptors (Lipinski definition) is 6. The van der Waals surface area contributed by atoms with E-state index < -0.39 is 19.1 Å². The van der Waals surface area contributed by atoms with Crippen molar-refractivity contribution in [3.05, 3.63) is 29.7 Å². The molecule has 2 aromatic rings. The number of halogens is 2. The molecule has 9 heteroatoms. The average Bonchev–Trinajstić information content (AvgIpc) is 3.02. The third-order valence-corrected chi connectivity index (χ3v) is 2.55. The molecule has 0 aliphatic heterocycles. The van der Waals surface area contributed by atoms with Gasteiger partial charge in [0.2, 0.25) is 5.89 Å². The van der Waals surface area contributed by atoms with Gasteiger partial charge < -0.3 is 15.0 Å². The fourth-order valence-corrected chi connectivity index (χ4v) is 1.57. The molecule has 0 saturated carbocycles. The largest absolute Gasteiger partial charge is 0.375 e. The molecular weight excluding hydrogens is 272 g/mol. The summed E-state index contributed by atoms with van der Waals surface area (Å²) < 4.78 is 35.1. The Kier molecular flexibility index (Phi) is 4.74. The second-order valence-corrected chi connectivity index (χ2v) is 4.19. The molecule has 110 valence electrons. The standard InChI is InChI=1S/C11H15F2N5O2/c1-18-5-7(4-15-18)10(14)11-16-9(17-20-11)2-3-19-6-8(12)13/h4-5,8,10H,2-3,6,14H2,1H3. The molecule has 2 heterocycles. The van der Waals surface area contributed by atoms with Gasteiger partial charge in [-0.15, -0.1) is 0 Å². The van der Waals surface area contributed by atoms with Crippen LogP contribution in [0.5, 0.6) is 0 Å². The normalized spacial score (nSPS) is 13.1. The summed E-state index contributed by atoms with van der Waals surface area (Å²) in [5, 5.41) is 7.73. The van der Waals surface area contributed by atoms with Gasteiger partial charge in [-0.25, -0.2) is 8.78 Å². The zero-order chi connectivity index (χ0) is 14.5. The predicted molar refractivity (Wildman–Crippen MR) is 64.1 cm³/mol. The molecule has 1 unspecified atom stereocenters. The minimum absolute atomic E-state index is 0.103. The lowest BCUT2D eigenvalue weighted by atomic mass is 10.2. The van der Waals surface area contributed by atoms with E-state index >= 15 is 0 Å². The summed E-state index contributed by atoms with van der Waals surface area (Å²) >= 11 is 0. The van der Waals surface area contributed by atoms with Crippen molar-refractivity contribution >= 4 is 0 Å². The number of alkyl halides is 2. The van der Waals surface area contributed by atoms with Crippen LogP contribution in [0.2, 0.25) is 0 Å². The van der Waals surface area contributed by atoms with Crippen LogP contribution in [-0.4, -0.2) is 39.6 Å². The molecule has 20 heavy (non-hydrogen) atoms. The summed E-state index contributed by atoms with van der Waals surface area (Å²) in [6, 6.07) is -0.563. The summed E-state index contributed by atoms with van der Waals surface area (Å²) in [5.41, 5.74) is 6.70. The summed E-state index contributed by atoms with van der Waals surface area (Å²) in [4.78, 5) is 4.11. The maximum Gasteiger partial charge on any atom is 0.261 e. The molecular formula is C11H15F2N5O2. The van der Waals surface area contributed by atoms with Gasteiger partial charge in [0, 0.05) is 25.2 Å². The van der Waals surface area contributed by atoms with Gasteiger partial charge in [-0.05, 0) is 0 Å². The zero-order valence-corrected chi connectivity index (χ0v) is 10.9.